The van der Waals surface area contributed by atoms with Gasteiger partial charge in [-0.25, -0.2) is 4.79 Å². The number of unbranched alkanes of at least 4 members (excludes halogenated alkanes) is 1. The Hall–Kier alpha value is -1.03. The van der Waals surface area contributed by atoms with E-state index in [-0.39, 0.29) is 6.03 Å². The van der Waals surface area contributed by atoms with Gasteiger partial charge in [0.15, 0.2) is 0 Å². The molecule has 4 heteroatoms. The summed E-state index contributed by atoms with van der Waals surface area (Å²) in [6.07, 6.45) is 2.17. The maximum absolute atomic E-state index is 11.6. The minimum Gasteiger partial charge on any atom is -0.333 e. The van der Waals surface area contributed by atoms with Crippen molar-refractivity contribution >= 4 is 17.4 Å². The van der Waals surface area contributed by atoms with Gasteiger partial charge in [0.1, 0.15) is 0 Å². The molecular formula is C11H18N2OS. The largest absolute Gasteiger partial charge is 0.333 e. The Kier molecular flexibility index (Phi) is 5.18. The van der Waals surface area contributed by atoms with E-state index in [9.17, 15) is 4.79 Å². The van der Waals surface area contributed by atoms with Gasteiger partial charge in [-0.3, -0.25) is 0 Å². The molecule has 0 aliphatic rings. The highest BCUT2D eigenvalue weighted by molar-refractivity contribution is 7.09. The van der Waals surface area contributed by atoms with Crippen molar-refractivity contribution in [3.8, 4) is 0 Å². The first kappa shape index (κ1) is 12.0. The number of hydrogen-bond acceptors (Lipinski definition) is 2. The van der Waals surface area contributed by atoms with E-state index in [1.54, 1.807) is 16.2 Å². The lowest BCUT2D eigenvalue weighted by molar-refractivity contribution is 0.208. The second kappa shape index (κ2) is 6.45. The third-order valence-electron chi connectivity index (χ3n) is 2.19. The number of urea groups is 1. The molecule has 0 saturated heterocycles. The van der Waals surface area contributed by atoms with Crippen molar-refractivity contribution in [3.63, 3.8) is 0 Å². The van der Waals surface area contributed by atoms with Crippen molar-refractivity contribution < 1.29 is 4.79 Å². The summed E-state index contributed by atoms with van der Waals surface area (Å²) in [4.78, 5) is 14.5. The number of carbonyl (C=O) groups excluding carboxylic acids is 1. The van der Waals surface area contributed by atoms with Crippen LogP contribution in [-0.4, -0.2) is 24.5 Å². The van der Waals surface area contributed by atoms with Crippen LogP contribution < -0.4 is 5.32 Å². The van der Waals surface area contributed by atoms with Crippen molar-refractivity contribution in [2.45, 2.75) is 26.3 Å². The van der Waals surface area contributed by atoms with Crippen molar-refractivity contribution in [2.75, 3.05) is 13.6 Å². The minimum atomic E-state index is 0.0110. The van der Waals surface area contributed by atoms with Crippen LogP contribution in [0.25, 0.3) is 0 Å². The molecule has 1 rings (SSSR count). The fraction of sp³-hybridized carbons (Fsp3) is 0.545. The van der Waals surface area contributed by atoms with Crippen molar-refractivity contribution in [3.05, 3.63) is 22.4 Å². The van der Waals surface area contributed by atoms with Crippen LogP contribution in [0.2, 0.25) is 0 Å². The number of thiophene rings is 1. The van der Waals surface area contributed by atoms with Gasteiger partial charge in [-0.1, -0.05) is 19.4 Å². The Morgan fingerprint density at radius 2 is 2.40 bits per heavy atom. The zero-order valence-electron chi connectivity index (χ0n) is 9.32. The Bertz CT molecular complexity index is 285. The minimum absolute atomic E-state index is 0.0110. The normalized spacial score (nSPS) is 10.0. The van der Waals surface area contributed by atoms with E-state index in [0.29, 0.717) is 6.54 Å². The van der Waals surface area contributed by atoms with Gasteiger partial charge >= 0.3 is 6.03 Å². The van der Waals surface area contributed by atoms with E-state index >= 15 is 0 Å². The zero-order chi connectivity index (χ0) is 11.1. The molecule has 0 aliphatic carbocycles. The van der Waals surface area contributed by atoms with Crippen LogP contribution in [0.1, 0.15) is 24.6 Å². The van der Waals surface area contributed by atoms with Crippen LogP contribution in [-0.2, 0) is 6.54 Å². The lowest BCUT2D eigenvalue weighted by atomic mass is 10.3. The summed E-state index contributed by atoms with van der Waals surface area (Å²) >= 11 is 1.66. The number of hydrogen-bond donors (Lipinski definition) is 1. The molecule has 0 aromatic carbocycles. The van der Waals surface area contributed by atoms with Crippen LogP contribution in [0.4, 0.5) is 4.79 Å². The quantitative estimate of drug-likeness (QED) is 0.822. The van der Waals surface area contributed by atoms with Gasteiger partial charge in [0.25, 0.3) is 0 Å². The molecule has 0 fully saturated rings. The molecule has 0 atom stereocenters. The topological polar surface area (TPSA) is 32.3 Å². The smallest absolute Gasteiger partial charge is 0.317 e. The maximum atomic E-state index is 11.6. The van der Waals surface area contributed by atoms with Gasteiger partial charge in [-0.15, -0.1) is 11.3 Å². The molecule has 3 nitrogen and oxygen atoms in total. The SMILES string of the molecule is CCCCN(C)C(=O)NCc1cccs1. The number of amides is 2. The predicted molar refractivity (Wildman–Crippen MR) is 64.1 cm³/mol. The van der Waals surface area contributed by atoms with Crippen LogP contribution in [0.5, 0.6) is 0 Å². The van der Waals surface area contributed by atoms with E-state index in [1.807, 2.05) is 24.6 Å². The molecular weight excluding hydrogens is 208 g/mol. The van der Waals surface area contributed by atoms with E-state index < -0.39 is 0 Å². The Balaban J connectivity index is 2.23. The third-order valence-corrected chi connectivity index (χ3v) is 3.06. The summed E-state index contributed by atoms with van der Waals surface area (Å²) < 4.78 is 0. The number of rotatable bonds is 5. The van der Waals surface area contributed by atoms with Crippen molar-refractivity contribution in [1.29, 1.82) is 0 Å². The highest BCUT2D eigenvalue weighted by atomic mass is 32.1. The first-order chi connectivity index (χ1) is 7.24. The molecule has 0 spiro atoms. The maximum Gasteiger partial charge on any atom is 0.317 e. The molecule has 0 bridgehead atoms. The van der Waals surface area contributed by atoms with Gasteiger partial charge in [0.2, 0.25) is 0 Å². The van der Waals surface area contributed by atoms with Crippen LogP contribution in [0.3, 0.4) is 0 Å². The molecule has 1 aromatic heterocycles. The fourth-order valence-electron chi connectivity index (χ4n) is 1.21. The number of carbonyl (C=O) groups is 1. The second-order valence-electron chi connectivity index (χ2n) is 3.51. The zero-order valence-corrected chi connectivity index (χ0v) is 10.1. The van der Waals surface area contributed by atoms with Crippen LogP contribution >= 0.6 is 11.3 Å². The number of nitrogens with zero attached hydrogens (tertiary/aromatic N) is 1. The molecule has 0 radical (unpaired) electrons. The molecule has 1 N–H and O–H groups in total. The standard InChI is InChI=1S/C11H18N2OS/c1-3-4-7-13(2)11(14)12-9-10-6-5-8-15-10/h5-6,8H,3-4,7,9H2,1-2H3,(H,12,14). The van der Waals surface area contributed by atoms with Crippen molar-refractivity contribution in [1.82, 2.24) is 10.2 Å². The summed E-state index contributed by atoms with van der Waals surface area (Å²) in [7, 11) is 1.83. The van der Waals surface area contributed by atoms with Gasteiger partial charge in [-0.2, -0.15) is 0 Å². The first-order valence-corrected chi connectivity index (χ1v) is 6.13. The second-order valence-corrected chi connectivity index (χ2v) is 4.55. The number of nitrogens with one attached hydrogen (secondary N) is 1. The summed E-state index contributed by atoms with van der Waals surface area (Å²) in [6.45, 7) is 3.58. The molecule has 84 valence electrons. The van der Waals surface area contributed by atoms with E-state index in [4.69, 9.17) is 0 Å². The Labute approximate surface area is 95.1 Å². The van der Waals surface area contributed by atoms with Gasteiger partial charge in [0.05, 0.1) is 6.54 Å². The summed E-state index contributed by atoms with van der Waals surface area (Å²) in [5.41, 5.74) is 0. The van der Waals surface area contributed by atoms with Gasteiger partial charge < -0.3 is 10.2 Å². The molecule has 0 saturated carbocycles. The molecule has 0 aliphatic heterocycles. The third kappa shape index (κ3) is 4.34. The van der Waals surface area contributed by atoms with Crippen LogP contribution in [0.15, 0.2) is 17.5 Å². The Morgan fingerprint density at radius 1 is 1.60 bits per heavy atom. The average Bonchev–Trinajstić information content (AvgIpc) is 2.75. The van der Waals surface area contributed by atoms with Gasteiger partial charge in [-0.05, 0) is 17.9 Å². The summed E-state index contributed by atoms with van der Waals surface area (Å²) in [5.74, 6) is 0. The van der Waals surface area contributed by atoms with Crippen molar-refractivity contribution in [2.24, 2.45) is 0 Å². The highest BCUT2D eigenvalue weighted by Gasteiger charge is 2.06. The average molecular weight is 226 g/mol. The van der Waals surface area contributed by atoms with E-state index in [1.165, 1.54) is 4.88 Å². The summed E-state index contributed by atoms with van der Waals surface area (Å²) in [6, 6.07) is 4.03. The highest BCUT2D eigenvalue weighted by Crippen LogP contribution is 2.07. The van der Waals surface area contributed by atoms with E-state index in [0.717, 1.165) is 19.4 Å². The summed E-state index contributed by atoms with van der Waals surface area (Å²) in [5, 5.41) is 4.91. The fourth-order valence-corrected chi connectivity index (χ4v) is 1.85. The molecule has 0 unspecified atom stereocenters. The van der Waals surface area contributed by atoms with Crippen LogP contribution in [0, 0.1) is 0 Å². The monoisotopic (exact) mass is 226 g/mol. The predicted octanol–water partition coefficient (Wildman–Crippen LogP) is 2.69. The molecule has 15 heavy (non-hydrogen) atoms. The molecule has 1 heterocycles. The Morgan fingerprint density at radius 3 is 3.00 bits per heavy atom. The lowest BCUT2D eigenvalue weighted by Gasteiger charge is -2.17. The van der Waals surface area contributed by atoms with E-state index in [2.05, 4.69) is 12.2 Å². The van der Waals surface area contributed by atoms with Gasteiger partial charge in [0, 0.05) is 18.5 Å². The molecule has 1 aromatic rings. The lowest BCUT2D eigenvalue weighted by Crippen LogP contribution is -2.37. The first-order valence-electron chi connectivity index (χ1n) is 5.25. The molecule has 2 amide bonds.